The SMILES string of the molecule is COC(=O)[C@H]1O[C@@H](Oc2ccc(C[n+]3cccc(/C=C/C(=O)NCCCCC4CCN(C(=O)c5ccccc5)CC4)c3)cc2NC(=O)CCNC(=O)OCC2c3ccccc3-c3ccccc32)[C@H](OC(C)=O)[C@@H](OC(C)=O)[C@@H]1OC(C)=O.O=C([O-])C(F)(F)F. The number of aliphatic carboxylic acids is 1. The van der Waals surface area contributed by atoms with Gasteiger partial charge in [-0.3, -0.25) is 28.8 Å². The standard InChI is InChI=1S/C62H67N5O15.C2HF3O2/c1-39(68)78-55-56(79-40(2)69)58(80-41(3)70)61(82-57(55)60(74)76-4)81-52-25-23-44(35-51(52)65-54(72)27-31-64-62(75)77-38-50-48-21-10-8-19-46(48)47-20-9-11-22-49(47)50)37-66-32-14-16-43(36-66)24-26-53(71)63-30-13-12-15-42-28-33-67(34-29-42)59(73)45-17-6-5-7-18-45;3-2(4,5)1(6)7/h5-11,14,16-26,32,35-36,42,50,55-58,61H,12-13,15,27-31,33-34,37-38H2,1-4H3,(H2-,63,64,65,71,72,75);(H,6,7)/b26-24+;/t55-,56-,57-,58+,61+;/m0./s1. The number of methoxy groups -OCH3 is 1. The van der Waals surface area contributed by atoms with E-state index in [1.807, 2.05) is 113 Å². The second kappa shape index (κ2) is 31.8. The number of esters is 4. The van der Waals surface area contributed by atoms with Gasteiger partial charge in [-0.25, -0.2) is 14.2 Å². The third kappa shape index (κ3) is 19.4. The first kappa shape index (κ1) is 66.9. The second-order valence-electron chi connectivity index (χ2n) is 21.0. The number of aromatic nitrogens is 1. The number of hydrogen-bond acceptors (Lipinski definition) is 17. The Kier molecular flexibility index (Phi) is 23.9. The highest BCUT2D eigenvalue weighted by Crippen LogP contribution is 2.44. The third-order valence-corrected chi connectivity index (χ3v) is 14.5. The van der Waals surface area contributed by atoms with Gasteiger partial charge in [0.15, 0.2) is 37.3 Å². The van der Waals surface area contributed by atoms with Gasteiger partial charge in [0.25, 0.3) is 5.91 Å². The number of alkyl carbamates (subject to hydrolysis) is 1. The fraction of sp³-hybridized carbons (Fsp3) is 0.375. The summed E-state index contributed by atoms with van der Waals surface area (Å²) in [5.74, 6) is -7.05. The predicted molar refractivity (Wildman–Crippen MR) is 308 cm³/mol. The number of benzene rings is 4. The maximum Gasteiger partial charge on any atom is 0.430 e. The molecular weight excluding hydrogens is 1170 g/mol. The zero-order chi connectivity index (χ0) is 64.2. The van der Waals surface area contributed by atoms with Crippen molar-refractivity contribution in [2.45, 2.75) is 109 Å². The number of nitrogens with one attached hydrogen (secondary N) is 3. The van der Waals surface area contributed by atoms with Gasteiger partial charge in [0.05, 0.1) is 12.8 Å². The van der Waals surface area contributed by atoms with Gasteiger partial charge in [-0.05, 0) is 89.9 Å². The molecule has 472 valence electrons. The fourth-order valence-corrected chi connectivity index (χ4v) is 10.5. The number of pyridine rings is 1. The average molecular weight is 1240 g/mol. The molecule has 89 heavy (non-hydrogen) atoms. The minimum atomic E-state index is -5.19. The minimum absolute atomic E-state index is 0.0508. The molecule has 0 saturated carbocycles. The van der Waals surface area contributed by atoms with Crippen LogP contribution in [0, 0.1) is 5.92 Å². The molecule has 1 aliphatic carbocycles. The molecule has 5 atom stereocenters. The molecule has 4 amide bonds. The van der Waals surface area contributed by atoms with Gasteiger partial charge >= 0.3 is 36.1 Å². The number of nitrogens with zero attached hydrogens (tertiary/aromatic N) is 2. The molecule has 3 heterocycles. The van der Waals surface area contributed by atoms with Crippen LogP contribution in [0.5, 0.6) is 5.75 Å². The third-order valence-electron chi connectivity index (χ3n) is 14.5. The Morgan fingerprint density at radius 2 is 1.36 bits per heavy atom. The Bertz CT molecular complexity index is 3330. The second-order valence-corrected chi connectivity index (χ2v) is 21.0. The number of halogens is 3. The number of alkyl halides is 3. The molecule has 8 rings (SSSR count). The van der Waals surface area contributed by atoms with Crippen LogP contribution in [-0.4, -0.2) is 135 Å². The lowest BCUT2D eigenvalue weighted by atomic mass is 9.91. The van der Waals surface area contributed by atoms with Gasteiger partial charge in [0, 0.05) is 88.1 Å². The number of carbonyl (C=O) groups excluding carboxylic acids is 9. The number of ether oxygens (including phenoxy) is 7. The topological polar surface area (TPSA) is 285 Å². The number of likely N-dealkylation sites (tertiary alicyclic amines) is 1. The number of unbranched alkanes of at least 4 members (excludes halogenated alkanes) is 1. The van der Waals surface area contributed by atoms with Crippen molar-refractivity contribution in [2.75, 3.05) is 45.2 Å². The van der Waals surface area contributed by atoms with Crippen molar-refractivity contribution in [3.05, 3.63) is 155 Å². The lowest BCUT2D eigenvalue weighted by Gasteiger charge is -2.43. The molecule has 3 N–H and O–H groups in total. The summed E-state index contributed by atoms with van der Waals surface area (Å²) in [6.45, 7) is 5.44. The van der Waals surface area contributed by atoms with Crippen LogP contribution in [0.4, 0.5) is 23.7 Å². The summed E-state index contributed by atoms with van der Waals surface area (Å²) >= 11 is 0. The monoisotopic (exact) mass is 1240 g/mol. The highest BCUT2D eigenvalue weighted by molar-refractivity contribution is 5.94. The van der Waals surface area contributed by atoms with Crippen LogP contribution >= 0.6 is 0 Å². The number of carboxylic acids is 1. The van der Waals surface area contributed by atoms with E-state index in [1.165, 1.54) is 12.1 Å². The van der Waals surface area contributed by atoms with Crippen LogP contribution in [-0.2, 0) is 68.5 Å². The summed E-state index contributed by atoms with van der Waals surface area (Å²) in [7, 11) is 1.07. The highest BCUT2D eigenvalue weighted by Gasteiger charge is 2.56. The number of carboxylic acid groups (broad SMARTS) is 1. The van der Waals surface area contributed by atoms with Crippen molar-refractivity contribution in [3.8, 4) is 16.9 Å². The highest BCUT2D eigenvalue weighted by atomic mass is 19.4. The molecule has 0 unspecified atom stereocenters. The van der Waals surface area contributed by atoms with Gasteiger partial charge in [-0.1, -0.05) is 79.6 Å². The maximum absolute atomic E-state index is 13.8. The number of hydrogen-bond donors (Lipinski definition) is 3. The first-order chi connectivity index (χ1) is 42.6. The van der Waals surface area contributed by atoms with Crippen molar-refractivity contribution >= 4 is 65.4 Å². The fourth-order valence-electron chi connectivity index (χ4n) is 10.5. The molecule has 2 aliphatic heterocycles. The van der Waals surface area contributed by atoms with Crippen LogP contribution in [0.2, 0.25) is 0 Å². The van der Waals surface area contributed by atoms with Gasteiger partial charge in [-0.15, -0.1) is 0 Å². The summed E-state index contributed by atoms with van der Waals surface area (Å²) in [6, 6.07) is 33.7. The van der Waals surface area contributed by atoms with E-state index in [2.05, 4.69) is 16.0 Å². The van der Waals surface area contributed by atoms with E-state index >= 15 is 0 Å². The molecule has 0 bridgehead atoms. The molecule has 22 nitrogen and oxygen atoms in total. The van der Waals surface area contributed by atoms with E-state index in [4.69, 9.17) is 43.1 Å². The number of amides is 4. The van der Waals surface area contributed by atoms with Crippen LogP contribution in [0.1, 0.15) is 97.8 Å². The zero-order valence-corrected chi connectivity index (χ0v) is 49.2. The number of anilines is 1. The van der Waals surface area contributed by atoms with Crippen molar-refractivity contribution in [2.24, 2.45) is 5.92 Å². The molecule has 25 heteroatoms. The Morgan fingerprint density at radius 1 is 0.742 bits per heavy atom. The van der Waals surface area contributed by atoms with E-state index < -0.39 is 78.7 Å². The molecule has 2 saturated heterocycles. The number of rotatable bonds is 22. The molecular formula is C64H68F3N5O17. The molecule has 5 aromatic rings. The molecule has 4 aromatic carbocycles. The van der Waals surface area contributed by atoms with E-state index in [1.54, 1.807) is 18.2 Å². The summed E-state index contributed by atoms with van der Waals surface area (Å²) in [6.07, 6.45) is -2.92. The molecule has 0 spiro atoms. The Labute approximate surface area is 510 Å². The first-order valence-electron chi connectivity index (χ1n) is 28.6. The van der Waals surface area contributed by atoms with Crippen LogP contribution in [0.3, 0.4) is 0 Å². The zero-order valence-electron chi connectivity index (χ0n) is 49.2. The smallest absolute Gasteiger partial charge is 0.430 e. The Hall–Kier alpha value is -9.65. The molecule has 2 fully saturated rings. The predicted octanol–water partition coefficient (Wildman–Crippen LogP) is 6.11. The number of fused-ring (bicyclic) bond motifs is 3. The lowest BCUT2D eigenvalue weighted by molar-refractivity contribution is -0.688. The largest absolute Gasteiger partial charge is 0.542 e. The minimum Gasteiger partial charge on any atom is -0.542 e. The van der Waals surface area contributed by atoms with Gasteiger partial charge in [0.2, 0.25) is 24.2 Å². The maximum atomic E-state index is 13.8. The van der Waals surface area contributed by atoms with Gasteiger partial charge in [0.1, 0.15) is 18.3 Å². The van der Waals surface area contributed by atoms with E-state index in [9.17, 15) is 51.5 Å². The van der Waals surface area contributed by atoms with Crippen molar-refractivity contribution < 1.29 is 99.2 Å². The van der Waals surface area contributed by atoms with Crippen LogP contribution in [0.25, 0.3) is 17.2 Å². The van der Waals surface area contributed by atoms with E-state index in [0.717, 1.165) is 101 Å². The molecule has 0 radical (unpaired) electrons. The molecule has 3 aliphatic rings. The van der Waals surface area contributed by atoms with Crippen molar-refractivity contribution in [1.82, 2.24) is 15.5 Å². The van der Waals surface area contributed by atoms with Crippen LogP contribution < -0.4 is 30.4 Å². The van der Waals surface area contributed by atoms with Gasteiger partial charge < -0.3 is 63.9 Å². The normalized spacial score (nSPS) is 17.9. The molecule has 1 aromatic heterocycles. The Balaban J connectivity index is 0.00000152. The van der Waals surface area contributed by atoms with Crippen molar-refractivity contribution in [1.29, 1.82) is 0 Å². The Morgan fingerprint density at radius 3 is 1.99 bits per heavy atom. The summed E-state index contributed by atoms with van der Waals surface area (Å²) in [4.78, 5) is 114. The van der Waals surface area contributed by atoms with E-state index in [-0.39, 0.29) is 55.3 Å². The summed E-state index contributed by atoms with van der Waals surface area (Å²) in [5.41, 5.74) is 6.43. The van der Waals surface area contributed by atoms with E-state index in [0.29, 0.717) is 23.6 Å². The lowest BCUT2D eigenvalue weighted by Crippen LogP contribution is -2.64. The van der Waals surface area contributed by atoms with Crippen molar-refractivity contribution in [3.63, 3.8) is 0 Å². The summed E-state index contributed by atoms with van der Waals surface area (Å²) in [5, 5.41) is 17.2. The number of piperidine rings is 1. The summed E-state index contributed by atoms with van der Waals surface area (Å²) < 4.78 is 72.9. The van der Waals surface area contributed by atoms with Gasteiger partial charge in [-0.2, -0.15) is 13.2 Å². The quantitative estimate of drug-likeness (QED) is 0.0232. The van der Waals surface area contributed by atoms with Crippen LogP contribution in [0.15, 0.2) is 128 Å². The first-order valence-corrected chi connectivity index (χ1v) is 28.6. The average Bonchev–Trinajstić information content (AvgIpc) is 1.91. The number of carbonyl (C=O) groups is 9.